The standard InChI is InChI=1S/C22H28O2/c1-4-16-5-7-18-19-8-6-17-13-15(14-23)9-10-21(17,3)22(19,24)12-11-20(16,18)2/h1,5,13-15,18-19,24H,6-12H2,2-3H3/t15?,18-,19-,20+,21-,22+/m0/s1. The Hall–Kier alpha value is -1.33. The van der Waals surface area contributed by atoms with Crippen molar-refractivity contribution in [1.29, 1.82) is 0 Å². The Morgan fingerprint density at radius 1 is 1.25 bits per heavy atom. The van der Waals surface area contributed by atoms with Crippen LogP contribution in [0.15, 0.2) is 23.3 Å². The monoisotopic (exact) mass is 324 g/mol. The van der Waals surface area contributed by atoms with Gasteiger partial charge in [-0.3, -0.25) is 0 Å². The van der Waals surface area contributed by atoms with Gasteiger partial charge in [0.05, 0.1) is 5.60 Å². The Balaban J connectivity index is 1.73. The number of terminal acetylenes is 1. The average molecular weight is 324 g/mol. The van der Waals surface area contributed by atoms with E-state index >= 15 is 0 Å². The summed E-state index contributed by atoms with van der Waals surface area (Å²) in [5, 5.41) is 11.9. The quantitative estimate of drug-likeness (QED) is 0.449. The minimum Gasteiger partial charge on any atom is -0.389 e. The van der Waals surface area contributed by atoms with Gasteiger partial charge in [-0.2, -0.15) is 0 Å². The summed E-state index contributed by atoms with van der Waals surface area (Å²) in [7, 11) is 0. The van der Waals surface area contributed by atoms with Crippen molar-refractivity contribution in [2.75, 3.05) is 0 Å². The van der Waals surface area contributed by atoms with Crippen LogP contribution in [0.4, 0.5) is 0 Å². The van der Waals surface area contributed by atoms with Gasteiger partial charge < -0.3 is 9.90 Å². The fraction of sp³-hybridized carbons (Fsp3) is 0.682. The summed E-state index contributed by atoms with van der Waals surface area (Å²) in [5.74, 6) is 3.74. The summed E-state index contributed by atoms with van der Waals surface area (Å²) in [6.45, 7) is 4.56. The lowest BCUT2D eigenvalue weighted by atomic mass is 9.44. The highest BCUT2D eigenvalue weighted by Crippen LogP contribution is 2.67. The van der Waals surface area contributed by atoms with Gasteiger partial charge in [0.1, 0.15) is 6.29 Å². The van der Waals surface area contributed by atoms with E-state index in [9.17, 15) is 9.90 Å². The van der Waals surface area contributed by atoms with Crippen molar-refractivity contribution in [3.63, 3.8) is 0 Å². The summed E-state index contributed by atoms with van der Waals surface area (Å²) in [4.78, 5) is 11.2. The molecule has 0 saturated heterocycles. The van der Waals surface area contributed by atoms with Gasteiger partial charge in [0, 0.05) is 22.3 Å². The van der Waals surface area contributed by atoms with E-state index in [1.54, 1.807) is 0 Å². The number of fused-ring (bicyclic) bond motifs is 5. The molecule has 0 aromatic rings. The van der Waals surface area contributed by atoms with Crippen molar-refractivity contribution < 1.29 is 9.90 Å². The minimum absolute atomic E-state index is 0.0447. The van der Waals surface area contributed by atoms with E-state index in [0.29, 0.717) is 11.8 Å². The Kier molecular flexibility index (Phi) is 3.42. The van der Waals surface area contributed by atoms with Crippen molar-refractivity contribution in [1.82, 2.24) is 0 Å². The molecule has 4 rings (SSSR count). The van der Waals surface area contributed by atoms with Crippen LogP contribution in [0.5, 0.6) is 0 Å². The van der Waals surface area contributed by atoms with Crippen LogP contribution in [0.1, 0.15) is 58.8 Å². The molecule has 0 radical (unpaired) electrons. The molecule has 0 spiro atoms. The SMILES string of the molecule is C#CC1=CC[C@H]2[C@@H]3CCC4=CC(C=O)CC[C@]4(C)[C@@]3(O)CC[C@]12C. The average Bonchev–Trinajstić information content (AvgIpc) is 2.91. The van der Waals surface area contributed by atoms with Crippen molar-refractivity contribution in [3.8, 4) is 12.3 Å². The molecule has 2 nitrogen and oxygen atoms in total. The second-order valence-corrected chi connectivity index (χ2v) is 8.95. The number of carbonyl (C=O) groups excluding carboxylic acids is 1. The molecule has 2 heteroatoms. The molecule has 1 N–H and O–H groups in total. The zero-order valence-electron chi connectivity index (χ0n) is 14.8. The summed E-state index contributed by atoms with van der Waals surface area (Å²) in [6, 6.07) is 0. The summed E-state index contributed by atoms with van der Waals surface area (Å²) < 4.78 is 0. The van der Waals surface area contributed by atoms with Gasteiger partial charge in [0.15, 0.2) is 0 Å². The molecular weight excluding hydrogens is 296 g/mol. The smallest absolute Gasteiger partial charge is 0.126 e. The third kappa shape index (κ3) is 1.80. The molecule has 4 aliphatic carbocycles. The topological polar surface area (TPSA) is 37.3 Å². The predicted octanol–water partition coefficient (Wildman–Crippen LogP) is 4.05. The van der Waals surface area contributed by atoms with Crippen LogP contribution in [0, 0.1) is 40.9 Å². The molecule has 0 amide bonds. The fourth-order valence-electron chi connectivity index (χ4n) is 6.60. The van der Waals surface area contributed by atoms with Crippen LogP contribution in [0.25, 0.3) is 0 Å². The normalized spacial score (nSPS) is 49.8. The number of aliphatic hydroxyl groups is 1. The molecule has 0 aromatic carbocycles. The summed E-state index contributed by atoms with van der Waals surface area (Å²) >= 11 is 0. The van der Waals surface area contributed by atoms with Gasteiger partial charge in [-0.25, -0.2) is 0 Å². The van der Waals surface area contributed by atoms with Gasteiger partial charge >= 0.3 is 0 Å². The Morgan fingerprint density at radius 2 is 2.04 bits per heavy atom. The van der Waals surface area contributed by atoms with Crippen LogP contribution in [0.3, 0.4) is 0 Å². The molecule has 0 heterocycles. The van der Waals surface area contributed by atoms with Crippen molar-refractivity contribution >= 4 is 6.29 Å². The highest BCUT2D eigenvalue weighted by molar-refractivity contribution is 5.58. The number of hydrogen-bond acceptors (Lipinski definition) is 2. The molecule has 128 valence electrons. The lowest BCUT2D eigenvalue weighted by Gasteiger charge is -2.62. The van der Waals surface area contributed by atoms with E-state index in [-0.39, 0.29) is 16.7 Å². The van der Waals surface area contributed by atoms with E-state index in [0.717, 1.165) is 56.8 Å². The third-order valence-corrected chi connectivity index (χ3v) is 8.25. The number of allylic oxidation sites excluding steroid dienone is 3. The van der Waals surface area contributed by atoms with Crippen molar-refractivity contribution in [2.45, 2.75) is 64.4 Å². The van der Waals surface area contributed by atoms with Crippen LogP contribution >= 0.6 is 0 Å². The van der Waals surface area contributed by atoms with Gasteiger partial charge in [0.25, 0.3) is 0 Å². The molecular formula is C22H28O2. The van der Waals surface area contributed by atoms with Gasteiger partial charge in [-0.05, 0) is 56.8 Å². The maximum Gasteiger partial charge on any atom is 0.126 e. The molecule has 6 atom stereocenters. The fourth-order valence-corrected chi connectivity index (χ4v) is 6.60. The van der Waals surface area contributed by atoms with Crippen molar-refractivity contribution in [3.05, 3.63) is 23.3 Å². The number of hydrogen-bond donors (Lipinski definition) is 1. The molecule has 2 saturated carbocycles. The maximum absolute atomic E-state index is 11.9. The first-order valence-corrected chi connectivity index (χ1v) is 9.45. The van der Waals surface area contributed by atoms with E-state index in [1.165, 1.54) is 5.57 Å². The first-order chi connectivity index (χ1) is 11.4. The molecule has 0 bridgehead atoms. The molecule has 4 aliphatic rings. The number of carbonyl (C=O) groups is 1. The zero-order chi connectivity index (χ0) is 17.2. The largest absolute Gasteiger partial charge is 0.389 e. The highest BCUT2D eigenvalue weighted by atomic mass is 16.3. The molecule has 1 unspecified atom stereocenters. The van der Waals surface area contributed by atoms with E-state index in [4.69, 9.17) is 6.42 Å². The summed E-state index contributed by atoms with van der Waals surface area (Å²) in [6.07, 6.45) is 17.9. The number of rotatable bonds is 1. The summed E-state index contributed by atoms with van der Waals surface area (Å²) in [5.41, 5.74) is 1.74. The van der Waals surface area contributed by atoms with E-state index in [1.807, 2.05) is 0 Å². The van der Waals surface area contributed by atoms with Crippen LogP contribution in [-0.2, 0) is 4.79 Å². The van der Waals surface area contributed by atoms with E-state index in [2.05, 4.69) is 31.9 Å². The molecule has 2 fully saturated rings. The molecule has 24 heavy (non-hydrogen) atoms. The second-order valence-electron chi connectivity index (χ2n) is 8.95. The number of aldehydes is 1. The first kappa shape index (κ1) is 16.2. The highest BCUT2D eigenvalue weighted by Gasteiger charge is 2.64. The maximum atomic E-state index is 11.9. The second kappa shape index (κ2) is 5.09. The minimum atomic E-state index is -0.646. The Bertz CT molecular complexity index is 681. The molecule has 0 aliphatic heterocycles. The van der Waals surface area contributed by atoms with Gasteiger partial charge in [0.2, 0.25) is 0 Å². The van der Waals surface area contributed by atoms with Crippen LogP contribution in [0.2, 0.25) is 0 Å². The Morgan fingerprint density at radius 3 is 2.75 bits per heavy atom. The van der Waals surface area contributed by atoms with Crippen molar-refractivity contribution in [2.24, 2.45) is 28.6 Å². The van der Waals surface area contributed by atoms with Crippen LogP contribution in [-0.4, -0.2) is 17.0 Å². The lowest BCUT2D eigenvalue weighted by molar-refractivity contribution is -0.184. The third-order valence-electron chi connectivity index (χ3n) is 8.25. The Labute approximate surface area is 145 Å². The predicted molar refractivity (Wildman–Crippen MR) is 95.0 cm³/mol. The van der Waals surface area contributed by atoms with Crippen LogP contribution < -0.4 is 0 Å². The van der Waals surface area contributed by atoms with Gasteiger partial charge in [-0.1, -0.05) is 37.5 Å². The van der Waals surface area contributed by atoms with Gasteiger partial charge in [-0.15, -0.1) is 6.42 Å². The lowest BCUT2D eigenvalue weighted by Crippen LogP contribution is -2.62. The molecule has 0 aromatic heterocycles. The first-order valence-electron chi connectivity index (χ1n) is 9.45. The van der Waals surface area contributed by atoms with E-state index < -0.39 is 5.60 Å². The zero-order valence-corrected chi connectivity index (χ0v) is 14.8.